The number of rotatable bonds is 7. The summed E-state index contributed by atoms with van der Waals surface area (Å²) in [4.78, 5) is 23.5. The number of nitrogens with one attached hydrogen (secondary N) is 1. The van der Waals surface area contributed by atoms with Gasteiger partial charge < -0.3 is 14.8 Å². The Balaban J connectivity index is 1.65. The number of amides is 2. The van der Waals surface area contributed by atoms with Gasteiger partial charge >= 0.3 is 0 Å². The van der Waals surface area contributed by atoms with Crippen LogP contribution in [0, 0.1) is 6.92 Å². The summed E-state index contributed by atoms with van der Waals surface area (Å²) >= 11 is 7.47. The number of nitrogens with zero attached hydrogens (tertiary/aromatic N) is 2. The van der Waals surface area contributed by atoms with E-state index in [1.165, 1.54) is 30.6 Å². The van der Waals surface area contributed by atoms with Crippen LogP contribution >= 0.6 is 23.4 Å². The minimum Gasteiger partial charge on any atom is -0.493 e. The fraction of sp³-hybridized carbons (Fsp3) is 0.318. The third-order valence-electron chi connectivity index (χ3n) is 4.29. The number of halogens is 1. The number of hydrogen-bond acceptors (Lipinski definition) is 6. The molecule has 1 aliphatic rings. The molecule has 0 fully saturated rings. The van der Waals surface area contributed by atoms with Crippen LogP contribution in [-0.2, 0) is 9.59 Å². The van der Waals surface area contributed by atoms with Crippen LogP contribution < -0.4 is 14.8 Å². The molecule has 1 unspecified atom stereocenters. The molecule has 0 bridgehead atoms. The van der Waals surface area contributed by atoms with Crippen molar-refractivity contribution in [2.45, 2.75) is 32.6 Å². The monoisotopic (exact) mass is 461 g/mol. The highest BCUT2D eigenvalue weighted by Crippen LogP contribution is 2.43. The zero-order chi connectivity index (χ0) is 22.4. The topological polar surface area (TPSA) is 80.2 Å². The molecule has 0 saturated heterocycles. The average Bonchev–Trinajstić information content (AvgIpc) is 3.12. The highest BCUT2D eigenvalue weighted by molar-refractivity contribution is 8.14. The Morgan fingerprint density at radius 3 is 2.65 bits per heavy atom. The minimum atomic E-state index is -0.489. The molecule has 9 heteroatoms. The summed E-state index contributed by atoms with van der Waals surface area (Å²) in [5.74, 6) is 0.916. The van der Waals surface area contributed by atoms with Crippen molar-refractivity contribution >= 4 is 40.3 Å². The standard InChI is InChI=1S/C22H24ClN3O4S/c1-14-6-4-7-18(12-14)29-10-5-11-30-20-9-8-17(23)13-19(20)21-26(16(3)28)25-22(31-21)24-15(2)27/h4,6-9,12-13,21H,5,10-11H2,1-3H3,(H,24,25,27). The number of thioether (sulfide) groups is 1. The number of benzene rings is 2. The molecule has 3 rings (SSSR count). The van der Waals surface area contributed by atoms with E-state index in [1.54, 1.807) is 18.2 Å². The number of amidine groups is 1. The minimum absolute atomic E-state index is 0.254. The van der Waals surface area contributed by atoms with Gasteiger partial charge in [-0.3, -0.25) is 9.59 Å². The van der Waals surface area contributed by atoms with Gasteiger partial charge in [0.2, 0.25) is 11.8 Å². The predicted molar refractivity (Wildman–Crippen MR) is 122 cm³/mol. The molecule has 7 nitrogen and oxygen atoms in total. The van der Waals surface area contributed by atoms with Crippen molar-refractivity contribution in [2.75, 3.05) is 13.2 Å². The first-order valence-electron chi connectivity index (χ1n) is 9.78. The Morgan fingerprint density at radius 1 is 1.16 bits per heavy atom. The molecular formula is C22H24ClN3O4S. The maximum absolute atomic E-state index is 12.1. The lowest BCUT2D eigenvalue weighted by atomic mass is 10.2. The number of hydrazone groups is 1. The first-order chi connectivity index (χ1) is 14.8. The first kappa shape index (κ1) is 23.0. The molecule has 164 valence electrons. The molecule has 1 heterocycles. The Morgan fingerprint density at radius 2 is 1.94 bits per heavy atom. The molecule has 0 aromatic heterocycles. The molecular weight excluding hydrogens is 438 g/mol. The predicted octanol–water partition coefficient (Wildman–Crippen LogP) is 4.50. The second kappa shape index (κ2) is 10.5. The second-order valence-electron chi connectivity index (χ2n) is 6.97. The molecule has 1 aliphatic heterocycles. The maximum Gasteiger partial charge on any atom is 0.241 e. The highest BCUT2D eigenvalue weighted by Gasteiger charge is 2.34. The summed E-state index contributed by atoms with van der Waals surface area (Å²) in [5.41, 5.74) is 1.85. The van der Waals surface area contributed by atoms with Crippen LogP contribution in [-0.4, -0.2) is 35.2 Å². The average molecular weight is 462 g/mol. The fourth-order valence-corrected chi connectivity index (χ4v) is 4.28. The first-order valence-corrected chi connectivity index (χ1v) is 11.0. The normalized spacial score (nSPS) is 15.4. The van der Waals surface area contributed by atoms with E-state index in [2.05, 4.69) is 10.4 Å². The van der Waals surface area contributed by atoms with Crippen LogP contribution in [0.2, 0.25) is 5.02 Å². The summed E-state index contributed by atoms with van der Waals surface area (Å²) in [5, 5.41) is 8.54. The Hall–Kier alpha value is -2.71. The number of aryl methyl sites for hydroxylation is 1. The SMILES string of the molecule is CC(=O)NC1=NN(C(C)=O)C(c2cc(Cl)ccc2OCCCOc2cccc(C)c2)S1. The van der Waals surface area contributed by atoms with Crippen molar-refractivity contribution in [1.82, 2.24) is 10.3 Å². The van der Waals surface area contributed by atoms with Crippen molar-refractivity contribution in [3.8, 4) is 11.5 Å². The zero-order valence-electron chi connectivity index (χ0n) is 17.6. The largest absolute Gasteiger partial charge is 0.493 e. The van der Waals surface area contributed by atoms with E-state index in [0.29, 0.717) is 41.1 Å². The summed E-state index contributed by atoms with van der Waals surface area (Å²) in [6.07, 6.45) is 0.678. The van der Waals surface area contributed by atoms with E-state index in [-0.39, 0.29) is 11.8 Å². The summed E-state index contributed by atoms with van der Waals surface area (Å²) < 4.78 is 11.7. The lowest BCUT2D eigenvalue weighted by molar-refractivity contribution is -0.129. The van der Waals surface area contributed by atoms with E-state index in [9.17, 15) is 9.59 Å². The smallest absolute Gasteiger partial charge is 0.241 e. The van der Waals surface area contributed by atoms with E-state index in [0.717, 1.165) is 11.3 Å². The van der Waals surface area contributed by atoms with E-state index in [1.807, 2.05) is 31.2 Å². The molecule has 0 aliphatic carbocycles. The molecule has 0 saturated carbocycles. The van der Waals surface area contributed by atoms with Gasteiger partial charge in [0.1, 0.15) is 16.9 Å². The molecule has 1 N–H and O–H groups in total. The van der Waals surface area contributed by atoms with Gasteiger partial charge in [-0.2, -0.15) is 0 Å². The van der Waals surface area contributed by atoms with E-state index in [4.69, 9.17) is 21.1 Å². The fourth-order valence-electron chi connectivity index (χ4n) is 2.95. The van der Waals surface area contributed by atoms with Crippen LogP contribution in [0.25, 0.3) is 0 Å². The van der Waals surface area contributed by atoms with E-state index >= 15 is 0 Å². The van der Waals surface area contributed by atoms with Gasteiger partial charge in [-0.15, -0.1) is 5.10 Å². The van der Waals surface area contributed by atoms with Crippen LogP contribution in [0.1, 0.15) is 36.8 Å². The Labute approximate surface area is 190 Å². The van der Waals surface area contributed by atoms with Crippen LogP contribution in [0.15, 0.2) is 47.6 Å². The number of hydrogen-bond donors (Lipinski definition) is 1. The van der Waals surface area contributed by atoms with Crippen molar-refractivity contribution < 1.29 is 19.1 Å². The third kappa shape index (κ3) is 6.38. The van der Waals surface area contributed by atoms with Crippen molar-refractivity contribution in [3.63, 3.8) is 0 Å². The van der Waals surface area contributed by atoms with Crippen molar-refractivity contribution in [3.05, 3.63) is 58.6 Å². The van der Waals surface area contributed by atoms with Crippen molar-refractivity contribution in [2.24, 2.45) is 5.10 Å². The lowest BCUT2D eigenvalue weighted by Gasteiger charge is -2.22. The van der Waals surface area contributed by atoms with Gasteiger partial charge in [-0.05, 0) is 42.8 Å². The van der Waals surface area contributed by atoms with Crippen LogP contribution in [0.5, 0.6) is 11.5 Å². The third-order valence-corrected chi connectivity index (χ3v) is 5.61. The molecule has 2 aromatic carbocycles. The molecule has 2 amide bonds. The van der Waals surface area contributed by atoms with Gasteiger partial charge in [0.25, 0.3) is 0 Å². The highest BCUT2D eigenvalue weighted by atomic mass is 35.5. The Kier molecular flexibility index (Phi) is 7.81. The summed E-state index contributed by atoms with van der Waals surface area (Å²) in [6.45, 7) is 5.77. The summed E-state index contributed by atoms with van der Waals surface area (Å²) in [6, 6.07) is 13.1. The molecule has 0 spiro atoms. The zero-order valence-corrected chi connectivity index (χ0v) is 19.1. The number of ether oxygens (including phenoxy) is 2. The Bertz CT molecular complexity index is 998. The van der Waals surface area contributed by atoms with E-state index < -0.39 is 5.37 Å². The number of carbonyl (C=O) groups excluding carboxylic acids is 2. The quantitative estimate of drug-likeness (QED) is 0.614. The number of carbonyl (C=O) groups is 2. The van der Waals surface area contributed by atoms with Gasteiger partial charge in [0.05, 0.1) is 13.2 Å². The van der Waals surface area contributed by atoms with Gasteiger partial charge in [0, 0.05) is 30.9 Å². The van der Waals surface area contributed by atoms with Crippen LogP contribution in [0.4, 0.5) is 0 Å². The molecule has 1 atom stereocenters. The summed E-state index contributed by atoms with van der Waals surface area (Å²) in [7, 11) is 0. The van der Waals surface area contributed by atoms with Gasteiger partial charge in [-0.1, -0.05) is 35.5 Å². The maximum atomic E-state index is 12.1. The molecule has 31 heavy (non-hydrogen) atoms. The molecule has 2 aromatic rings. The van der Waals surface area contributed by atoms with Crippen LogP contribution in [0.3, 0.4) is 0 Å². The van der Waals surface area contributed by atoms with Gasteiger partial charge in [0.15, 0.2) is 5.17 Å². The second-order valence-corrected chi connectivity index (χ2v) is 8.47. The molecule has 0 radical (unpaired) electrons. The lowest BCUT2D eigenvalue weighted by Crippen LogP contribution is -2.25. The van der Waals surface area contributed by atoms with Gasteiger partial charge in [-0.25, -0.2) is 5.01 Å². The van der Waals surface area contributed by atoms with Crippen molar-refractivity contribution in [1.29, 1.82) is 0 Å².